The number of methoxy groups -OCH3 is 2. The highest BCUT2D eigenvalue weighted by molar-refractivity contribution is 7.09. The second-order valence-electron chi connectivity index (χ2n) is 6.03. The lowest BCUT2D eigenvalue weighted by atomic mass is 10.1. The van der Waals surface area contributed by atoms with Gasteiger partial charge in [0.05, 0.1) is 30.9 Å². The zero-order valence-electron chi connectivity index (χ0n) is 16.5. The smallest absolute Gasteiger partial charge is 0.345 e. The monoisotopic (exact) mass is 464 g/mol. The number of benzene rings is 2. The molecule has 0 saturated heterocycles. The van der Waals surface area contributed by atoms with E-state index >= 15 is 0 Å². The zero-order valence-corrected chi connectivity index (χ0v) is 18.1. The first-order valence-corrected chi connectivity index (χ1v) is 10.1. The average molecular weight is 465 g/mol. The van der Waals surface area contributed by atoms with Gasteiger partial charge in [-0.15, -0.1) is 11.3 Å². The molecule has 0 atom stereocenters. The number of ether oxygens (including phenoxy) is 4. The zero-order chi connectivity index (χ0) is 22.4. The molecule has 162 valence electrons. The van der Waals surface area contributed by atoms with Crippen molar-refractivity contribution in [3.63, 3.8) is 0 Å². The molecule has 0 unspecified atom stereocenters. The number of halogens is 1. The number of hydrogen-bond acceptors (Lipinski definition) is 9. The minimum atomic E-state index is -0.875. The van der Waals surface area contributed by atoms with Crippen LogP contribution >= 0.6 is 22.9 Å². The fourth-order valence-corrected chi connectivity index (χ4v) is 3.37. The van der Waals surface area contributed by atoms with Crippen LogP contribution in [-0.2, 0) is 18.0 Å². The van der Waals surface area contributed by atoms with Gasteiger partial charge in [0, 0.05) is 16.5 Å². The van der Waals surface area contributed by atoms with E-state index < -0.39 is 16.6 Å². The summed E-state index contributed by atoms with van der Waals surface area (Å²) in [6, 6.07) is 9.26. The number of nitro groups is 1. The van der Waals surface area contributed by atoms with Crippen LogP contribution in [-0.4, -0.2) is 30.1 Å². The number of esters is 1. The van der Waals surface area contributed by atoms with Crippen molar-refractivity contribution >= 4 is 34.6 Å². The highest BCUT2D eigenvalue weighted by Crippen LogP contribution is 2.35. The highest BCUT2D eigenvalue weighted by atomic mass is 35.5. The van der Waals surface area contributed by atoms with Crippen LogP contribution in [0.5, 0.6) is 17.2 Å². The van der Waals surface area contributed by atoms with Crippen molar-refractivity contribution in [1.82, 2.24) is 4.98 Å². The van der Waals surface area contributed by atoms with Gasteiger partial charge < -0.3 is 18.9 Å². The molecule has 0 radical (unpaired) electrons. The molecule has 0 amide bonds. The van der Waals surface area contributed by atoms with E-state index in [4.69, 9.17) is 30.5 Å². The average Bonchev–Trinajstić information content (AvgIpc) is 3.23. The summed E-state index contributed by atoms with van der Waals surface area (Å²) in [5.74, 6) is 0.0823. The van der Waals surface area contributed by atoms with Gasteiger partial charge in [-0.25, -0.2) is 9.78 Å². The highest BCUT2D eigenvalue weighted by Gasteiger charge is 2.26. The predicted molar refractivity (Wildman–Crippen MR) is 113 cm³/mol. The molecule has 3 rings (SSSR count). The van der Waals surface area contributed by atoms with Crippen LogP contribution in [0.3, 0.4) is 0 Å². The van der Waals surface area contributed by atoms with Gasteiger partial charge in [-0.05, 0) is 24.3 Å². The van der Waals surface area contributed by atoms with Crippen LogP contribution in [0, 0.1) is 10.1 Å². The number of hydrogen-bond donors (Lipinski definition) is 0. The maximum absolute atomic E-state index is 12.5. The van der Waals surface area contributed by atoms with Gasteiger partial charge in [0.25, 0.3) is 5.69 Å². The summed E-state index contributed by atoms with van der Waals surface area (Å²) in [5.41, 5.74) is -0.196. The van der Waals surface area contributed by atoms with E-state index in [0.29, 0.717) is 21.5 Å². The molecule has 0 aliphatic carbocycles. The number of nitrogens with zero attached hydrogens (tertiary/aromatic N) is 2. The van der Waals surface area contributed by atoms with E-state index in [9.17, 15) is 14.9 Å². The van der Waals surface area contributed by atoms with Crippen LogP contribution in [0.25, 0.3) is 0 Å². The Hall–Kier alpha value is -3.37. The van der Waals surface area contributed by atoms with Crippen molar-refractivity contribution in [3.8, 4) is 17.2 Å². The first-order valence-electron chi connectivity index (χ1n) is 8.80. The Labute approximate surface area is 186 Å². The Bertz CT molecular complexity index is 1090. The Morgan fingerprint density at radius 1 is 1.13 bits per heavy atom. The number of thiazole rings is 1. The fraction of sp³-hybridized carbons (Fsp3) is 0.200. The summed E-state index contributed by atoms with van der Waals surface area (Å²) in [4.78, 5) is 27.5. The third kappa shape index (κ3) is 5.62. The summed E-state index contributed by atoms with van der Waals surface area (Å²) < 4.78 is 21.0. The van der Waals surface area contributed by atoms with Gasteiger partial charge in [-0.2, -0.15) is 0 Å². The molecule has 1 aromatic heterocycles. The molecule has 0 aliphatic rings. The SMILES string of the molecule is COc1cc(C(=O)OCc2csc(COc3ccc(Cl)cc3)n2)c([N+](=O)[O-])cc1OC. The Kier molecular flexibility index (Phi) is 7.27. The maximum Gasteiger partial charge on any atom is 0.345 e. The molecule has 0 spiro atoms. The maximum atomic E-state index is 12.5. The molecule has 31 heavy (non-hydrogen) atoms. The number of carbonyl (C=O) groups is 1. The lowest BCUT2D eigenvalue weighted by Gasteiger charge is -2.10. The lowest BCUT2D eigenvalue weighted by molar-refractivity contribution is -0.385. The second-order valence-corrected chi connectivity index (χ2v) is 7.41. The molecule has 11 heteroatoms. The molecule has 3 aromatic rings. The molecule has 0 bridgehead atoms. The minimum Gasteiger partial charge on any atom is -0.493 e. The predicted octanol–water partition coefficient (Wildman–Crippen LogP) is 4.66. The molecule has 1 heterocycles. The van der Waals surface area contributed by atoms with E-state index in [0.717, 1.165) is 6.07 Å². The number of carbonyl (C=O) groups excluding carboxylic acids is 1. The Morgan fingerprint density at radius 3 is 2.45 bits per heavy atom. The molecule has 0 aliphatic heterocycles. The standard InChI is InChI=1S/C20H17ClN2O7S/c1-27-17-7-15(16(23(25)26)8-18(17)28-2)20(24)30-9-13-11-31-19(22-13)10-29-14-5-3-12(21)4-6-14/h3-8,11H,9-10H2,1-2H3. The third-order valence-electron chi connectivity index (χ3n) is 4.04. The first-order chi connectivity index (χ1) is 14.9. The Balaban J connectivity index is 1.64. The van der Waals surface area contributed by atoms with E-state index in [1.165, 1.54) is 31.6 Å². The molecular formula is C20H17ClN2O7S. The quantitative estimate of drug-likeness (QED) is 0.255. The minimum absolute atomic E-state index is 0.135. The summed E-state index contributed by atoms with van der Waals surface area (Å²) in [5, 5.41) is 14.4. The number of nitro benzene ring substituents is 1. The van der Waals surface area contributed by atoms with Crippen LogP contribution < -0.4 is 14.2 Å². The summed E-state index contributed by atoms with van der Waals surface area (Å²) in [7, 11) is 2.71. The van der Waals surface area contributed by atoms with Crippen molar-refractivity contribution in [2.75, 3.05) is 14.2 Å². The van der Waals surface area contributed by atoms with Crippen molar-refractivity contribution in [3.05, 3.63) is 73.2 Å². The van der Waals surface area contributed by atoms with Crippen LogP contribution in [0.4, 0.5) is 5.69 Å². The molecule has 0 fully saturated rings. The molecule has 0 N–H and O–H groups in total. The Morgan fingerprint density at radius 2 is 1.81 bits per heavy atom. The lowest BCUT2D eigenvalue weighted by Crippen LogP contribution is -2.09. The van der Waals surface area contributed by atoms with Crippen molar-refractivity contribution < 1.29 is 28.7 Å². The van der Waals surface area contributed by atoms with Crippen molar-refractivity contribution in [2.24, 2.45) is 0 Å². The van der Waals surface area contributed by atoms with Crippen LogP contribution in [0.15, 0.2) is 41.8 Å². The van der Waals surface area contributed by atoms with Crippen LogP contribution in [0.2, 0.25) is 5.02 Å². The first kappa shape index (κ1) is 22.3. The third-order valence-corrected chi connectivity index (χ3v) is 5.17. The molecule has 9 nitrogen and oxygen atoms in total. The molecular weight excluding hydrogens is 448 g/mol. The van der Waals surface area contributed by atoms with Gasteiger partial charge in [-0.3, -0.25) is 10.1 Å². The van der Waals surface area contributed by atoms with Crippen molar-refractivity contribution in [1.29, 1.82) is 0 Å². The van der Waals surface area contributed by atoms with Gasteiger partial charge in [0.1, 0.15) is 29.5 Å². The van der Waals surface area contributed by atoms with E-state index in [2.05, 4.69) is 4.98 Å². The normalized spacial score (nSPS) is 10.4. The van der Waals surface area contributed by atoms with Gasteiger partial charge >= 0.3 is 5.97 Å². The summed E-state index contributed by atoms with van der Waals surface area (Å²) >= 11 is 7.18. The van der Waals surface area contributed by atoms with Gasteiger partial charge in [0.15, 0.2) is 11.5 Å². The fourth-order valence-electron chi connectivity index (χ4n) is 2.56. The van der Waals surface area contributed by atoms with E-state index in [1.807, 2.05) is 0 Å². The largest absolute Gasteiger partial charge is 0.493 e. The van der Waals surface area contributed by atoms with Gasteiger partial charge in [-0.1, -0.05) is 11.6 Å². The number of rotatable bonds is 9. The van der Waals surface area contributed by atoms with Gasteiger partial charge in [0.2, 0.25) is 0 Å². The molecule has 0 saturated carbocycles. The van der Waals surface area contributed by atoms with E-state index in [1.54, 1.807) is 29.6 Å². The van der Waals surface area contributed by atoms with Crippen LogP contribution in [0.1, 0.15) is 21.1 Å². The van der Waals surface area contributed by atoms with E-state index in [-0.39, 0.29) is 30.3 Å². The number of aromatic nitrogens is 1. The summed E-state index contributed by atoms with van der Waals surface area (Å²) in [6.07, 6.45) is 0. The topological polar surface area (TPSA) is 110 Å². The molecule has 2 aromatic carbocycles. The van der Waals surface area contributed by atoms with Crippen molar-refractivity contribution in [2.45, 2.75) is 13.2 Å². The summed E-state index contributed by atoms with van der Waals surface area (Å²) in [6.45, 7) is 0.0865. The second kappa shape index (κ2) is 10.1.